The van der Waals surface area contributed by atoms with E-state index in [0.717, 1.165) is 17.1 Å². The van der Waals surface area contributed by atoms with Gasteiger partial charge in [-0.2, -0.15) is 0 Å². The molecule has 0 amide bonds. The van der Waals surface area contributed by atoms with Crippen molar-refractivity contribution < 1.29 is 19.0 Å². The lowest BCUT2D eigenvalue weighted by Crippen LogP contribution is -2.52. The molecule has 2 aromatic carbocycles. The lowest BCUT2D eigenvalue weighted by Gasteiger charge is -2.32. The first-order valence-corrected chi connectivity index (χ1v) is 8.91. The number of ether oxygens (including phenoxy) is 3. The summed E-state index contributed by atoms with van der Waals surface area (Å²) in [5.74, 6) is -0.447. The van der Waals surface area contributed by atoms with Gasteiger partial charge in [0.05, 0.1) is 13.2 Å². The number of anilines is 3. The van der Waals surface area contributed by atoms with Gasteiger partial charge in [0, 0.05) is 24.0 Å². The fraction of sp³-hybridized carbons (Fsp3) is 0.263. The van der Waals surface area contributed by atoms with E-state index in [9.17, 15) is 4.79 Å². The Morgan fingerprint density at radius 3 is 2.33 bits per heavy atom. The molecule has 1 saturated heterocycles. The summed E-state index contributed by atoms with van der Waals surface area (Å²) in [5.41, 5.74) is 2.79. The van der Waals surface area contributed by atoms with E-state index in [1.54, 1.807) is 0 Å². The largest absolute Gasteiger partial charge is 0.431 e. The number of nitrogens with one attached hydrogen (secondary N) is 3. The summed E-state index contributed by atoms with van der Waals surface area (Å²) in [7, 11) is 0. The molecule has 7 nitrogen and oxygen atoms in total. The molecule has 1 aliphatic rings. The average Bonchev–Trinajstić information content (AvgIpc) is 2.65. The van der Waals surface area contributed by atoms with Crippen LogP contribution in [0.2, 0.25) is 0 Å². The van der Waals surface area contributed by atoms with Crippen LogP contribution in [0.4, 0.5) is 17.1 Å². The summed E-state index contributed by atoms with van der Waals surface area (Å²) in [6.07, 6.45) is -1.50. The Kier molecular flexibility index (Phi) is 6.59. The molecule has 3 rings (SSSR count). The third-order valence-electron chi connectivity index (χ3n) is 3.67. The molecule has 8 heteroatoms. The lowest BCUT2D eigenvalue weighted by molar-refractivity contribution is -0.244. The second-order valence-electron chi connectivity index (χ2n) is 5.81. The standard InChI is InChI=1S/C19H21N3O4S/c1-13(23)26-18-17(24-11-12-25-18)22-19(27)21-16-9-7-15(8-10-16)20-14-5-3-2-4-6-14/h2-10,17-18,20H,11-12H2,1H3,(H2,21,22,27)/t17-,18+/m1/s1. The third kappa shape index (κ3) is 5.92. The smallest absolute Gasteiger partial charge is 0.305 e. The zero-order valence-electron chi connectivity index (χ0n) is 14.8. The molecular weight excluding hydrogens is 366 g/mol. The Labute approximate surface area is 163 Å². The summed E-state index contributed by atoms with van der Waals surface area (Å²) in [6.45, 7) is 2.06. The second kappa shape index (κ2) is 9.31. The van der Waals surface area contributed by atoms with Crippen LogP contribution in [-0.4, -0.2) is 36.8 Å². The van der Waals surface area contributed by atoms with E-state index in [1.165, 1.54) is 6.92 Å². The third-order valence-corrected chi connectivity index (χ3v) is 3.89. The zero-order chi connectivity index (χ0) is 19.1. The van der Waals surface area contributed by atoms with Crippen LogP contribution >= 0.6 is 12.2 Å². The minimum absolute atomic E-state index is 0.339. The van der Waals surface area contributed by atoms with Gasteiger partial charge in [-0.1, -0.05) is 18.2 Å². The number of carbonyl (C=O) groups excluding carboxylic acids is 1. The van der Waals surface area contributed by atoms with Gasteiger partial charge in [-0.3, -0.25) is 4.79 Å². The monoisotopic (exact) mass is 387 g/mol. The number of para-hydroxylation sites is 1. The van der Waals surface area contributed by atoms with Gasteiger partial charge in [-0.05, 0) is 48.6 Å². The topological polar surface area (TPSA) is 80.9 Å². The first-order valence-electron chi connectivity index (χ1n) is 8.50. The average molecular weight is 387 g/mol. The molecule has 2 aromatic rings. The maximum Gasteiger partial charge on any atom is 0.305 e. The van der Waals surface area contributed by atoms with Crippen LogP contribution in [0.25, 0.3) is 0 Å². The Bertz CT molecular complexity index is 770. The van der Waals surface area contributed by atoms with Crippen molar-refractivity contribution in [2.45, 2.75) is 19.4 Å². The number of thiocarbonyl (C=S) groups is 1. The highest BCUT2D eigenvalue weighted by Crippen LogP contribution is 2.19. The van der Waals surface area contributed by atoms with Crippen molar-refractivity contribution in [2.24, 2.45) is 0 Å². The quantitative estimate of drug-likeness (QED) is 0.534. The minimum Gasteiger partial charge on any atom is -0.431 e. The van der Waals surface area contributed by atoms with Gasteiger partial charge in [0.1, 0.15) is 0 Å². The van der Waals surface area contributed by atoms with Crippen molar-refractivity contribution in [1.82, 2.24) is 5.32 Å². The first kappa shape index (κ1) is 19.1. The summed E-state index contributed by atoms with van der Waals surface area (Å²) < 4.78 is 16.0. The van der Waals surface area contributed by atoms with E-state index >= 15 is 0 Å². The normalized spacial score (nSPS) is 19.0. The zero-order valence-corrected chi connectivity index (χ0v) is 15.6. The Hall–Kier alpha value is -2.68. The number of hydrogen-bond donors (Lipinski definition) is 3. The predicted octanol–water partition coefficient (Wildman–Crippen LogP) is 2.98. The van der Waals surface area contributed by atoms with E-state index in [4.69, 9.17) is 26.4 Å². The first-order chi connectivity index (χ1) is 13.1. The van der Waals surface area contributed by atoms with Crippen molar-refractivity contribution in [1.29, 1.82) is 0 Å². The van der Waals surface area contributed by atoms with Crippen molar-refractivity contribution in [2.75, 3.05) is 23.8 Å². The molecule has 0 spiro atoms. The highest BCUT2D eigenvalue weighted by atomic mass is 32.1. The maximum absolute atomic E-state index is 11.2. The molecular formula is C19H21N3O4S. The van der Waals surface area contributed by atoms with Crippen molar-refractivity contribution in [3.8, 4) is 0 Å². The molecule has 1 fully saturated rings. The van der Waals surface area contributed by atoms with Crippen molar-refractivity contribution in [3.05, 3.63) is 54.6 Å². The highest BCUT2D eigenvalue weighted by Gasteiger charge is 2.30. The van der Waals surface area contributed by atoms with Gasteiger partial charge in [0.25, 0.3) is 0 Å². The molecule has 0 bridgehead atoms. The van der Waals surface area contributed by atoms with Crippen LogP contribution in [0.3, 0.4) is 0 Å². The van der Waals surface area contributed by atoms with Crippen molar-refractivity contribution in [3.63, 3.8) is 0 Å². The van der Waals surface area contributed by atoms with Crippen molar-refractivity contribution >= 4 is 40.4 Å². The van der Waals surface area contributed by atoms with Gasteiger partial charge < -0.3 is 30.2 Å². The van der Waals surface area contributed by atoms with Gasteiger partial charge in [-0.15, -0.1) is 0 Å². The lowest BCUT2D eigenvalue weighted by atomic mass is 10.2. The number of carbonyl (C=O) groups is 1. The molecule has 3 N–H and O–H groups in total. The molecule has 1 heterocycles. The molecule has 2 atom stereocenters. The van der Waals surface area contributed by atoms with Crippen LogP contribution in [0.1, 0.15) is 6.92 Å². The number of rotatable bonds is 5. The van der Waals surface area contributed by atoms with Crippen LogP contribution in [0.5, 0.6) is 0 Å². The summed E-state index contributed by atoms with van der Waals surface area (Å²) >= 11 is 5.31. The van der Waals surface area contributed by atoms with Crippen LogP contribution in [0.15, 0.2) is 54.6 Å². The molecule has 142 valence electrons. The molecule has 1 aliphatic heterocycles. The molecule has 0 unspecified atom stereocenters. The maximum atomic E-state index is 11.2. The summed E-state index contributed by atoms with van der Waals surface area (Å²) in [5, 5.41) is 9.68. The molecule has 0 radical (unpaired) electrons. The Morgan fingerprint density at radius 2 is 1.63 bits per heavy atom. The van der Waals surface area contributed by atoms with Crippen LogP contribution in [0, 0.1) is 0 Å². The SMILES string of the molecule is CC(=O)O[C@@H]1OCCO[C@H]1NC(=S)Nc1ccc(Nc2ccccc2)cc1. The van der Waals surface area contributed by atoms with E-state index in [0.29, 0.717) is 18.3 Å². The number of hydrogen-bond acceptors (Lipinski definition) is 6. The van der Waals surface area contributed by atoms with E-state index < -0.39 is 18.5 Å². The van der Waals surface area contributed by atoms with E-state index in [-0.39, 0.29) is 0 Å². The molecule has 0 saturated carbocycles. The molecule has 0 aromatic heterocycles. The fourth-order valence-electron chi connectivity index (χ4n) is 2.50. The summed E-state index contributed by atoms with van der Waals surface area (Å²) in [6, 6.07) is 17.6. The van der Waals surface area contributed by atoms with Gasteiger partial charge in [0.2, 0.25) is 6.29 Å². The Morgan fingerprint density at radius 1 is 1.00 bits per heavy atom. The number of benzene rings is 2. The van der Waals surface area contributed by atoms with E-state index in [2.05, 4.69) is 16.0 Å². The minimum atomic E-state index is -0.839. The summed E-state index contributed by atoms with van der Waals surface area (Å²) in [4.78, 5) is 11.2. The molecule has 27 heavy (non-hydrogen) atoms. The van der Waals surface area contributed by atoms with Gasteiger partial charge in [-0.25, -0.2) is 0 Å². The number of esters is 1. The van der Waals surface area contributed by atoms with Gasteiger partial charge >= 0.3 is 5.97 Å². The Balaban J connectivity index is 1.53. The van der Waals surface area contributed by atoms with Crippen LogP contribution in [-0.2, 0) is 19.0 Å². The highest BCUT2D eigenvalue weighted by molar-refractivity contribution is 7.80. The fourth-order valence-corrected chi connectivity index (χ4v) is 2.73. The van der Waals surface area contributed by atoms with Gasteiger partial charge in [0.15, 0.2) is 11.3 Å². The van der Waals surface area contributed by atoms with E-state index in [1.807, 2.05) is 54.6 Å². The molecule has 0 aliphatic carbocycles. The second-order valence-corrected chi connectivity index (χ2v) is 6.22. The predicted molar refractivity (Wildman–Crippen MR) is 107 cm³/mol. The van der Waals surface area contributed by atoms with Crippen LogP contribution < -0.4 is 16.0 Å².